The van der Waals surface area contributed by atoms with Crippen molar-refractivity contribution in [3.05, 3.63) is 0 Å². The highest BCUT2D eigenvalue weighted by molar-refractivity contribution is 4.54. The largest absolute Gasteiger partial charge is 0.381 e. The van der Waals surface area contributed by atoms with Gasteiger partial charge in [-0.3, -0.25) is 0 Å². The molecule has 0 rings (SSSR count). The highest BCUT2D eigenvalue weighted by atomic mass is 16.5. The van der Waals surface area contributed by atoms with E-state index in [1.165, 1.54) is 19.3 Å². The maximum absolute atomic E-state index is 5.69. The lowest BCUT2D eigenvalue weighted by Gasteiger charge is -2.16. The zero-order chi connectivity index (χ0) is 17.4. The Bertz CT molecular complexity index is 192. The van der Waals surface area contributed by atoms with Crippen molar-refractivity contribution in [2.24, 2.45) is 17.8 Å². The Morgan fingerprint density at radius 2 is 0.909 bits per heavy atom. The molecule has 0 fully saturated rings. The van der Waals surface area contributed by atoms with Crippen LogP contribution in [0.15, 0.2) is 0 Å². The van der Waals surface area contributed by atoms with Crippen LogP contribution >= 0.6 is 0 Å². The molecule has 3 atom stereocenters. The molecule has 0 bridgehead atoms. The summed E-state index contributed by atoms with van der Waals surface area (Å²) in [6.45, 7) is 20.5. The highest BCUT2D eigenvalue weighted by Gasteiger charge is 2.05. The maximum atomic E-state index is 5.69. The maximum Gasteiger partial charge on any atom is 0.0570 e. The van der Waals surface area contributed by atoms with Crippen LogP contribution in [0.5, 0.6) is 0 Å². The van der Waals surface area contributed by atoms with E-state index in [9.17, 15) is 0 Å². The topological polar surface area (TPSA) is 18.5 Å². The van der Waals surface area contributed by atoms with Crippen LogP contribution < -0.4 is 0 Å². The second-order valence-corrected chi connectivity index (χ2v) is 6.85. The van der Waals surface area contributed by atoms with Gasteiger partial charge < -0.3 is 9.47 Å². The molecule has 0 aliphatic carbocycles. The van der Waals surface area contributed by atoms with Gasteiger partial charge >= 0.3 is 0 Å². The van der Waals surface area contributed by atoms with Crippen LogP contribution in [-0.4, -0.2) is 25.9 Å². The van der Waals surface area contributed by atoms with E-state index in [1.807, 2.05) is 0 Å². The first kappa shape index (κ1) is 24.2. The summed E-state index contributed by atoms with van der Waals surface area (Å²) in [4.78, 5) is 0. The lowest BCUT2D eigenvalue weighted by atomic mass is 10.1. The molecular formula is C20H44O2. The highest BCUT2D eigenvalue weighted by Crippen LogP contribution is 2.07. The van der Waals surface area contributed by atoms with Crippen molar-refractivity contribution in [2.75, 3.05) is 19.8 Å². The van der Waals surface area contributed by atoms with Crippen molar-refractivity contribution >= 4 is 0 Å². The Morgan fingerprint density at radius 3 is 1.23 bits per heavy atom. The van der Waals surface area contributed by atoms with Gasteiger partial charge in [-0.15, -0.1) is 0 Å². The van der Waals surface area contributed by atoms with Crippen molar-refractivity contribution < 1.29 is 9.47 Å². The van der Waals surface area contributed by atoms with E-state index >= 15 is 0 Å². The van der Waals surface area contributed by atoms with Gasteiger partial charge in [0.2, 0.25) is 0 Å². The fraction of sp³-hybridized carbons (Fsp3) is 1.00. The lowest BCUT2D eigenvalue weighted by Crippen LogP contribution is -2.15. The number of ether oxygens (including phenoxy) is 2. The number of hydrogen-bond acceptors (Lipinski definition) is 2. The predicted molar refractivity (Wildman–Crippen MR) is 99.5 cm³/mol. The standard InChI is InChI=1S/2C10H22O/c1-5-9(3)7-11-8-10(4)6-2;1-5-9(4)8-11-10(6-2)7-3/h2*9-10H,5-8H2,1-4H3. The Balaban J connectivity index is 0. The Labute approximate surface area is 141 Å². The van der Waals surface area contributed by atoms with E-state index < -0.39 is 0 Å². The minimum absolute atomic E-state index is 0.490. The molecule has 0 N–H and O–H groups in total. The zero-order valence-corrected chi connectivity index (χ0v) is 16.8. The first-order valence-electron chi connectivity index (χ1n) is 9.64. The van der Waals surface area contributed by atoms with Gasteiger partial charge in [0.15, 0.2) is 0 Å². The summed E-state index contributed by atoms with van der Waals surface area (Å²) in [6.07, 6.45) is 6.45. The first-order chi connectivity index (χ1) is 10.4. The summed E-state index contributed by atoms with van der Waals surface area (Å²) < 4.78 is 11.2. The molecule has 3 unspecified atom stereocenters. The lowest BCUT2D eigenvalue weighted by molar-refractivity contribution is 0.0275. The molecule has 0 aromatic heterocycles. The molecule has 0 saturated heterocycles. The molecule has 0 spiro atoms. The zero-order valence-electron chi connectivity index (χ0n) is 16.8. The van der Waals surface area contributed by atoms with E-state index in [2.05, 4.69) is 55.4 Å². The fourth-order valence-electron chi connectivity index (χ4n) is 1.65. The molecule has 2 heteroatoms. The predicted octanol–water partition coefficient (Wildman–Crippen LogP) is 6.33. The quantitative estimate of drug-likeness (QED) is 0.418. The molecule has 0 aromatic carbocycles. The summed E-state index contributed by atoms with van der Waals surface area (Å²) in [5.41, 5.74) is 0. The third kappa shape index (κ3) is 16.3. The SMILES string of the molecule is CCC(C)COC(CC)CC.CCC(C)COCC(C)CC. The van der Waals surface area contributed by atoms with Gasteiger partial charge in [-0.25, -0.2) is 0 Å². The summed E-state index contributed by atoms with van der Waals surface area (Å²) in [7, 11) is 0. The van der Waals surface area contributed by atoms with E-state index in [4.69, 9.17) is 9.47 Å². The first-order valence-corrected chi connectivity index (χ1v) is 9.64. The van der Waals surface area contributed by atoms with Gasteiger partial charge in [-0.2, -0.15) is 0 Å². The Kier molecular flexibility index (Phi) is 19.0. The van der Waals surface area contributed by atoms with E-state index in [0.29, 0.717) is 6.10 Å². The molecule has 0 saturated carbocycles. The van der Waals surface area contributed by atoms with Crippen molar-refractivity contribution in [2.45, 2.75) is 93.6 Å². The van der Waals surface area contributed by atoms with Crippen molar-refractivity contribution in [1.29, 1.82) is 0 Å². The van der Waals surface area contributed by atoms with Crippen LogP contribution in [0.2, 0.25) is 0 Å². The van der Waals surface area contributed by atoms with E-state index in [0.717, 1.165) is 50.4 Å². The third-order valence-corrected chi connectivity index (χ3v) is 4.42. The van der Waals surface area contributed by atoms with Gasteiger partial charge in [-0.1, -0.05) is 74.7 Å². The Hall–Kier alpha value is -0.0800. The average molecular weight is 317 g/mol. The average Bonchev–Trinajstić information content (AvgIpc) is 2.55. The second kappa shape index (κ2) is 17.3. The molecule has 0 amide bonds. The minimum atomic E-state index is 0.490. The Morgan fingerprint density at radius 1 is 0.545 bits per heavy atom. The van der Waals surface area contributed by atoms with Gasteiger partial charge in [0.1, 0.15) is 0 Å². The normalized spacial score (nSPS) is 15.1. The molecule has 0 aliphatic rings. The monoisotopic (exact) mass is 316 g/mol. The molecule has 0 heterocycles. The van der Waals surface area contributed by atoms with Gasteiger partial charge in [-0.05, 0) is 30.6 Å². The summed E-state index contributed by atoms with van der Waals surface area (Å²) in [5, 5.41) is 0. The molecule has 0 aliphatic heterocycles. The van der Waals surface area contributed by atoms with Crippen LogP contribution in [0.1, 0.15) is 87.5 Å². The molecule has 22 heavy (non-hydrogen) atoms. The van der Waals surface area contributed by atoms with Gasteiger partial charge in [0, 0.05) is 19.8 Å². The van der Waals surface area contributed by atoms with Crippen molar-refractivity contribution in [3.8, 4) is 0 Å². The molecule has 2 nitrogen and oxygen atoms in total. The smallest absolute Gasteiger partial charge is 0.0570 e. The number of rotatable bonds is 12. The van der Waals surface area contributed by atoms with Crippen LogP contribution in [0.3, 0.4) is 0 Å². The number of hydrogen-bond donors (Lipinski definition) is 0. The van der Waals surface area contributed by atoms with E-state index in [1.54, 1.807) is 0 Å². The summed E-state index contributed by atoms with van der Waals surface area (Å²) in [6, 6.07) is 0. The van der Waals surface area contributed by atoms with E-state index in [-0.39, 0.29) is 0 Å². The van der Waals surface area contributed by atoms with Crippen LogP contribution in [0.4, 0.5) is 0 Å². The molecular weight excluding hydrogens is 272 g/mol. The molecule has 0 radical (unpaired) electrons. The third-order valence-electron chi connectivity index (χ3n) is 4.42. The minimum Gasteiger partial charge on any atom is -0.381 e. The molecule has 136 valence electrons. The van der Waals surface area contributed by atoms with Crippen molar-refractivity contribution in [1.82, 2.24) is 0 Å². The van der Waals surface area contributed by atoms with Crippen molar-refractivity contribution in [3.63, 3.8) is 0 Å². The van der Waals surface area contributed by atoms with Gasteiger partial charge in [0.25, 0.3) is 0 Å². The van der Waals surface area contributed by atoms with Gasteiger partial charge in [0.05, 0.1) is 6.10 Å². The molecule has 0 aromatic rings. The summed E-state index contributed by atoms with van der Waals surface area (Å²) >= 11 is 0. The summed E-state index contributed by atoms with van der Waals surface area (Å²) in [5.74, 6) is 2.16. The van der Waals surface area contributed by atoms with Crippen LogP contribution in [-0.2, 0) is 9.47 Å². The van der Waals surface area contributed by atoms with Crippen LogP contribution in [0, 0.1) is 17.8 Å². The van der Waals surface area contributed by atoms with Crippen LogP contribution in [0.25, 0.3) is 0 Å². The second-order valence-electron chi connectivity index (χ2n) is 6.85. The fourth-order valence-corrected chi connectivity index (χ4v) is 1.65.